The molecule has 3 aromatic heterocycles. The van der Waals surface area contributed by atoms with Crippen molar-refractivity contribution in [3.8, 4) is 0 Å². The molecule has 2 aliphatic heterocycles. The molecule has 1 atom stereocenters. The Morgan fingerprint density at radius 2 is 2.09 bits per heavy atom. The van der Waals surface area contributed by atoms with Crippen LogP contribution in [0.3, 0.4) is 0 Å². The molecular weight excluding hydrogens is 434 g/mol. The molecule has 2 aliphatic rings. The first-order valence-corrected chi connectivity index (χ1v) is 11.6. The molecule has 0 radical (unpaired) electrons. The maximum Gasteiger partial charge on any atom is 0.202 e. The fourth-order valence-electron chi connectivity index (χ4n) is 4.70. The summed E-state index contributed by atoms with van der Waals surface area (Å²) in [5.74, 6) is 1.66. The fraction of sp³-hybridized carbons (Fsp3) is 0.458. The summed E-state index contributed by atoms with van der Waals surface area (Å²) in [6.45, 7) is 5.07. The van der Waals surface area contributed by atoms with Gasteiger partial charge in [-0.05, 0) is 43.9 Å². The standard InChI is InChI=1S/C24H31N7O3/c1-16-19-14-20(30-9-12-34-24(30)18-3-6-26-21(25)13-18)23(29-7-4-17(15-32)5-8-29)27-22(19)31(28-16)10-11-33-2/h3,6,9,12-14,17,24,32H,4-5,7-8,10-11,15H2,1-2H3,(H2,25,26). The van der Waals surface area contributed by atoms with Crippen LogP contribution in [0, 0.1) is 12.8 Å². The van der Waals surface area contributed by atoms with Gasteiger partial charge in [-0.15, -0.1) is 0 Å². The molecule has 3 aromatic rings. The second-order valence-corrected chi connectivity index (χ2v) is 8.81. The minimum atomic E-state index is -0.373. The van der Waals surface area contributed by atoms with Gasteiger partial charge in [0.15, 0.2) is 11.5 Å². The van der Waals surface area contributed by atoms with Crippen LogP contribution in [0.15, 0.2) is 36.9 Å². The van der Waals surface area contributed by atoms with E-state index in [0.29, 0.717) is 24.9 Å². The third-order valence-corrected chi connectivity index (χ3v) is 6.60. The van der Waals surface area contributed by atoms with E-state index in [1.807, 2.05) is 29.9 Å². The topological polar surface area (TPSA) is 115 Å². The van der Waals surface area contributed by atoms with Gasteiger partial charge in [-0.3, -0.25) is 0 Å². The van der Waals surface area contributed by atoms with E-state index in [-0.39, 0.29) is 12.8 Å². The van der Waals surface area contributed by atoms with Gasteiger partial charge in [0.1, 0.15) is 12.1 Å². The molecule has 3 N–H and O–H groups in total. The van der Waals surface area contributed by atoms with Crippen LogP contribution in [0.25, 0.3) is 11.0 Å². The van der Waals surface area contributed by atoms with Crippen LogP contribution >= 0.6 is 0 Å². The highest BCUT2D eigenvalue weighted by Gasteiger charge is 2.31. The van der Waals surface area contributed by atoms with E-state index in [0.717, 1.165) is 59.7 Å². The summed E-state index contributed by atoms with van der Waals surface area (Å²) < 4.78 is 13.2. The number of ether oxygens (including phenoxy) is 2. The Morgan fingerprint density at radius 1 is 1.26 bits per heavy atom. The predicted octanol–water partition coefficient (Wildman–Crippen LogP) is 2.58. The number of aryl methyl sites for hydroxylation is 1. The van der Waals surface area contributed by atoms with Crippen LogP contribution in [0.1, 0.15) is 30.3 Å². The number of hydrogen-bond donors (Lipinski definition) is 2. The molecule has 0 aliphatic carbocycles. The zero-order valence-corrected chi connectivity index (χ0v) is 19.6. The second-order valence-electron chi connectivity index (χ2n) is 8.81. The number of pyridine rings is 2. The van der Waals surface area contributed by atoms with Crippen molar-refractivity contribution in [1.82, 2.24) is 19.7 Å². The maximum atomic E-state index is 9.61. The van der Waals surface area contributed by atoms with Gasteiger partial charge in [-0.25, -0.2) is 14.6 Å². The van der Waals surface area contributed by atoms with E-state index in [4.69, 9.17) is 25.3 Å². The third kappa shape index (κ3) is 4.14. The van der Waals surface area contributed by atoms with Crippen LogP contribution in [0.2, 0.25) is 0 Å². The first-order valence-electron chi connectivity index (χ1n) is 11.6. The molecule has 1 fully saturated rings. The Hall–Kier alpha value is -3.37. The minimum absolute atomic E-state index is 0.227. The highest BCUT2D eigenvalue weighted by Crippen LogP contribution is 2.41. The van der Waals surface area contributed by atoms with Gasteiger partial charge < -0.3 is 30.1 Å². The number of nitrogens with zero attached hydrogens (tertiary/aromatic N) is 6. The molecule has 10 nitrogen and oxygen atoms in total. The van der Waals surface area contributed by atoms with Crippen LogP contribution in [-0.2, 0) is 16.0 Å². The third-order valence-electron chi connectivity index (χ3n) is 6.60. The van der Waals surface area contributed by atoms with E-state index in [9.17, 15) is 5.11 Å². The molecule has 1 saturated heterocycles. The van der Waals surface area contributed by atoms with Crippen LogP contribution in [0.4, 0.5) is 17.3 Å². The first kappa shape index (κ1) is 22.4. The number of aliphatic hydroxyl groups is 1. The van der Waals surface area contributed by atoms with Crippen molar-refractivity contribution in [2.24, 2.45) is 5.92 Å². The van der Waals surface area contributed by atoms with Gasteiger partial charge in [0.25, 0.3) is 0 Å². The number of rotatable bonds is 7. The van der Waals surface area contributed by atoms with E-state index < -0.39 is 0 Å². The van der Waals surface area contributed by atoms with Crippen molar-refractivity contribution in [2.75, 3.05) is 48.9 Å². The van der Waals surface area contributed by atoms with E-state index in [1.54, 1.807) is 19.6 Å². The monoisotopic (exact) mass is 465 g/mol. The molecule has 180 valence electrons. The lowest BCUT2D eigenvalue weighted by Gasteiger charge is -2.35. The maximum absolute atomic E-state index is 9.61. The number of hydrogen-bond acceptors (Lipinski definition) is 9. The molecule has 10 heteroatoms. The Balaban J connectivity index is 1.60. The number of methoxy groups -OCH3 is 1. The minimum Gasteiger partial charge on any atom is -0.472 e. The smallest absolute Gasteiger partial charge is 0.202 e. The van der Waals surface area contributed by atoms with Gasteiger partial charge in [-0.1, -0.05) is 0 Å². The van der Waals surface area contributed by atoms with Gasteiger partial charge in [-0.2, -0.15) is 5.10 Å². The van der Waals surface area contributed by atoms with Gasteiger partial charge in [0.05, 0.1) is 24.5 Å². The molecule has 0 amide bonds. The van der Waals surface area contributed by atoms with Crippen molar-refractivity contribution in [3.05, 3.63) is 48.1 Å². The summed E-state index contributed by atoms with van der Waals surface area (Å²) in [6.07, 6.45) is 6.79. The number of anilines is 3. The van der Waals surface area contributed by atoms with Crippen LogP contribution in [-0.4, -0.2) is 58.3 Å². The second kappa shape index (κ2) is 9.47. The van der Waals surface area contributed by atoms with E-state index in [1.165, 1.54) is 0 Å². The SMILES string of the molecule is COCCn1nc(C)c2cc(N3C=COC3c3ccnc(N)c3)c(N3CCC(CO)CC3)nc21. The highest BCUT2D eigenvalue weighted by atomic mass is 16.5. The van der Waals surface area contributed by atoms with Crippen molar-refractivity contribution in [1.29, 1.82) is 0 Å². The summed E-state index contributed by atoms with van der Waals surface area (Å²) in [7, 11) is 1.69. The summed E-state index contributed by atoms with van der Waals surface area (Å²) in [4.78, 5) is 13.7. The zero-order chi connectivity index (χ0) is 23.7. The Labute approximate surface area is 198 Å². The van der Waals surface area contributed by atoms with Gasteiger partial charge in [0, 0.05) is 50.2 Å². The van der Waals surface area contributed by atoms with E-state index in [2.05, 4.69) is 20.9 Å². The van der Waals surface area contributed by atoms with Crippen LogP contribution < -0.4 is 15.5 Å². The van der Waals surface area contributed by atoms with Crippen LogP contribution in [0.5, 0.6) is 0 Å². The van der Waals surface area contributed by atoms with Crippen molar-refractivity contribution in [3.63, 3.8) is 0 Å². The zero-order valence-electron chi connectivity index (χ0n) is 19.6. The summed E-state index contributed by atoms with van der Waals surface area (Å²) in [5.41, 5.74) is 9.56. The average Bonchev–Trinajstić information content (AvgIpc) is 3.47. The summed E-state index contributed by atoms with van der Waals surface area (Å²) >= 11 is 0. The van der Waals surface area contributed by atoms with Gasteiger partial charge in [0.2, 0.25) is 6.23 Å². The first-order chi connectivity index (χ1) is 16.6. The molecule has 1 unspecified atom stereocenters. The lowest BCUT2D eigenvalue weighted by atomic mass is 9.98. The fourth-order valence-corrected chi connectivity index (χ4v) is 4.70. The highest BCUT2D eigenvalue weighted by molar-refractivity contribution is 5.88. The molecule has 0 bridgehead atoms. The van der Waals surface area contributed by atoms with Crippen molar-refractivity contribution >= 4 is 28.4 Å². The molecule has 5 rings (SSSR count). The lowest BCUT2D eigenvalue weighted by molar-refractivity contribution is 0.174. The number of fused-ring (bicyclic) bond motifs is 1. The average molecular weight is 466 g/mol. The number of aromatic nitrogens is 4. The summed E-state index contributed by atoms with van der Waals surface area (Å²) in [6, 6.07) is 5.89. The number of piperidine rings is 1. The van der Waals surface area contributed by atoms with Crippen molar-refractivity contribution in [2.45, 2.75) is 32.5 Å². The molecule has 0 aromatic carbocycles. The lowest BCUT2D eigenvalue weighted by Crippen LogP contribution is -2.36. The largest absolute Gasteiger partial charge is 0.472 e. The predicted molar refractivity (Wildman–Crippen MR) is 130 cm³/mol. The van der Waals surface area contributed by atoms with Gasteiger partial charge >= 0.3 is 0 Å². The molecule has 0 spiro atoms. The number of aliphatic hydroxyl groups excluding tert-OH is 1. The molecule has 5 heterocycles. The molecule has 34 heavy (non-hydrogen) atoms. The number of nitrogen functional groups attached to an aromatic ring is 1. The number of nitrogens with two attached hydrogens (primary N) is 1. The molecular formula is C24H31N7O3. The summed E-state index contributed by atoms with van der Waals surface area (Å²) in [5, 5.41) is 15.3. The van der Waals surface area contributed by atoms with E-state index >= 15 is 0 Å². The van der Waals surface area contributed by atoms with Crippen molar-refractivity contribution < 1.29 is 14.6 Å². The Kier molecular flexibility index (Phi) is 6.25. The quantitative estimate of drug-likeness (QED) is 0.543. The molecule has 0 saturated carbocycles. The normalized spacial score (nSPS) is 18.7. The Bertz CT molecular complexity index is 1190. The Morgan fingerprint density at radius 3 is 2.82 bits per heavy atom.